The number of nitrogens with two attached hydrogens (primary N) is 2. The van der Waals surface area contributed by atoms with Gasteiger partial charge in [-0.15, -0.1) is 5.10 Å². The Morgan fingerprint density at radius 1 is 1.24 bits per heavy atom. The molecule has 2 aromatic rings. The molecule has 0 atom stereocenters. The number of halogens is 1. The van der Waals surface area contributed by atoms with Crippen molar-refractivity contribution in [1.82, 2.24) is 4.98 Å². The van der Waals surface area contributed by atoms with Gasteiger partial charge in [0.15, 0.2) is 0 Å². The molecule has 0 amide bonds. The Bertz CT molecular complexity index is 602. The standard InChI is InChI=1S/C11H10ClN5/c12-10-4-2-8-5-7(1-3-9(8)16-10)6-15-17-11(13)14/h1-6H,(H4,13,14,17). The Hall–Kier alpha value is -2.14. The molecule has 17 heavy (non-hydrogen) atoms. The van der Waals surface area contributed by atoms with Crippen LogP contribution in [0.1, 0.15) is 5.56 Å². The number of benzene rings is 1. The van der Waals surface area contributed by atoms with E-state index in [1.807, 2.05) is 24.3 Å². The molecule has 0 aliphatic rings. The molecule has 5 nitrogen and oxygen atoms in total. The molecular formula is C11H10ClN5. The molecule has 0 aliphatic heterocycles. The molecule has 0 saturated heterocycles. The van der Waals surface area contributed by atoms with Crippen LogP contribution in [0.4, 0.5) is 0 Å². The smallest absolute Gasteiger partial charge is 0.211 e. The van der Waals surface area contributed by atoms with Gasteiger partial charge >= 0.3 is 0 Å². The molecule has 0 unspecified atom stereocenters. The van der Waals surface area contributed by atoms with Gasteiger partial charge in [-0.1, -0.05) is 17.7 Å². The first-order chi connectivity index (χ1) is 8.15. The van der Waals surface area contributed by atoms with E-state index in [0.29, 0.717) is 5.15 Å². The van der Waals surface area contributed by atoms with Crippen LogP contribution in [-0.4, -0.2) is 17.2 Å². The monoisotopic (exact) mass is 247 g/mol. The normalized spacial score (nSPS) is 10.9. The van der Waals surface area contributed by atoms with Crippen molar-refractivity contribution in [3.8, 4) is 0 Å². The van der Waals surface area contributed by atoms with Gasteiger partial charge in [0.2, 0.25) is 5.96 Å². The van der Waals surface area contributed by atoms with Gasteiger partial charge in [0.25, 0.3) is 0 Å². The molecular weight excluding hydrogens is 238 g/mol. The molecule has 0 spiro atoms. The Kier molecular flexibility index (Phi) is 3.20. The first-order valence-electron chi connectivity index (χ1n) is 4.83. The molecule has 0 aliphatic carbocycles. The molecule has 2 rings (SSSR count). The second kappa shape index (κ2) is 4.80. The topological polar surface area (TPSA) is 89.7 Å². The van der Waals surface area contributed by atoms with Crippen molar-refractivity contribution in [2.75, 3.05) is 0 Å². The SMILES string of the molecule is NC(N)=NN=Cc1ccc2nc(Cl)ccc2c1. The van der Waals surface area contributed by atoms with Crippen molar-refractivity contribution in [2.24, 2.45) is 21.7 Å². The predicted octanol–water partition coefficient (Wildman–Crippen LogP) is 1.50. The number of hydrogen-bond acceptors (Lipinski definition) is 3. The van der Waals surface area contributed by atoms with Crippen LogP contribution in [-0.2, 0) is 0 Å². The summed E-state index contributed by atoms with van der Waals surface area (Å²) < 4.78 is 0. The lowest BCUT2D eigenvalue weighted by Crippen LogP contribution is -2.21. The van der Waals surface area contributed by atoms with Crippen LogP contribution in [0.2, 0.25) is 5.15 Å². The predicted molar refractivity (Wildman–Crippen MR) is 70.2 cm³/mol. The average Bonchev–Trinajstić information content (AvgIpc) is 2.29. The molecule has 86 valence electrons. The third kappa shape index (κ3) is 2.92. The van der Waals surface area contributed by atoms with Crippen LogP contribution >= 0.6 is 11.6 Å². The Morgan fingerprint density at radius 3 is 2.82 bits per heavy atom. The van der Waals surface area contributed by atoms with E-state index in [0.717, 1.165) is 16.5 Å². The van der Waals surface area contributed by atoms with Gasteiger partial charge in [0, 0.05) is 5.39 Å². The van der Waals surface area contributed by atoms with Gasteiger partial charge in [-0.05, 0) is 29.8 Å². The summed E-state index contributed by atoms with van der Waals surface area (Å²) in [5, 5.41) is 8.70. The summed E-state index contributed by atoms with van der Waals surface area (Å²) in [7, 11) is 0. The van der Waals surface area contributed by atoms with Crippen LogP contribution < -0.4 is 11.5 Å². The number of pyridine rings is 1. The fraction of sp³-hybridized carbons (Fsp3) is 0. The van der Waals surface area contributed by atoms with E-state index < -0.39 is 0 Å². The van der Waals surface area contributed by atoms with E-state index in [9.17, 15) is 0 Å². The molecule has 6 heteroatoms. The molecule has 0 bridgehead atoms. The first kappa shape index (κ1) is 11.3. The summed E-state index contributed by atoms with van der Waals surface area (Å²) in [6, 6.07) is 9.27. The number of nitrogens with zero attached hydrogens (tertiary/aromatic N) is 3. The minimum atomic E-state index is -0.0736. The molecule has 0 radical (unpaired) electrons. The van der Waals surface area contributed by atoms with Crippen LogP contribution in [0.15, 0.2) is 40.5 Å². The van der Waals surface area contributed by atoms with E-state index in [1.165, 1.54) is 0 Å². The maximum atomic E-state index is 5.79. The quantitative estimate of drug-likeness (QED) is 0.365. The van der Waals surface area contributed by atoms with Crippen LogP contribution in [0, 0.1) is 0 Å². The van der Waals surface area contributed by atoms with E-state index in [2.05, 4.69) is 15.2 Å². The number of fused-ring (bicyclic) bond motifs is 1. The average molecular weight is 248 g/mol. The summed E-state index contributed by atoms with van der Waals surface area (Å²) in [5.41, 5.74) is 12.0. The fourth-order valence-electron chi connectivity index (χ4n) is 1.36. The van der Waals surface area contributed by atoms with Gasteiger partial charge in [0.1, 0.15) is 5.15 Å². The Labute approximate surface area is 103 Å². The highest BCUT2D eigenvalue weighted by Gasteiger charge is 1.97. The number of rotatable bonds is 2. The van der Waals surface area contributed by atoms with Crippen LogP contribution in [0.3, 0.4) is 0 Å². The van der Waals surface area contributed by atoms with Gasteiger partial charge in [0.05, 0.1) is 11.7 Å². The summed E-state index contributed by atoms with van der Waals surface area (Å²) >= 11 is 5.79. The van der Waals surface area contributed by atoms with E-state index in [1.54, 1.807) is 12.3 Å². The molecule has 4 N–H and O–H groups in total. The maximum Gasteiger partial charge on any atom is 0.211 e. The molecule has 0 saturated carbocycles. The lowest BCUT2D eigenvalue weighted by atomic mass is 10.1. The minimum absolute atomic E-state index is 0.0736. The van der Waals surface area contributed by atoms with Crippen molar-refractivity contribution in [3.05, 3.63) is 41.0 Å². The van der Waals surface area contributed by atoms with Crippen molar-refractivity contribution in [3.63, 3.8) is 0 Å². The van der Waals surface area contributed by atoms with Crippen molar-refractivity contribution in [1.29, 1.82) is 0 Å². The summed E-state index contributed by atoms with van der Waals surface area (Å²) in [5.74, 6) is -0.0736. The van der Waals surface area contributed by atoms with Crippen LogP contribution in [0.25, 0.3) is 10.9 Å². The summed E-state index contributed by atoms with van der Waals surface area (Å²) in [6.45, 7) is 0. The highest BCUT2D eigenvalue weighted by molar-refractivity contribution is 6.29. The molecule has 0 fully saturated rings. The first-order valence-corrected chi connectivity index (χ1v) is 5.21. The zero-order chi connectivity index (χ0) is 12.3. The zero-order valence-electron chi connectivity index (χ0n) is 8.84. The summed E-state index contributed by atoms with van der Waals surface area (Å²) in [6.07, 6.45) is 1.56. The second-order valence-electron chi connectivity index (χ2n) is 3.36. The van der Waals surface area contributed by atoms with E-state index >= 15 is 0 Å². The second-order valence-corrected chi connectivity index (χ2v) is 3.74. The third-order valence-corrected chi connectivity index (χ3v) is 2.27. The molecule has 1 aromatic heterocycles. The minimum Gasteiger partial charge on any atom is -0.369 e. The number of guanidine groups is 1. The van der Waals surface area contributed by atoms with E-state index in [-0.39, 0.29) is 5.96 Å². The number of aromatic nitrogens is 1. The highest BCUT2D eigenvalue weighted by atomic mass is 35.5. The van der Waals surface area contributed by atoms with Crippen molar-refractivity contribution < 1.29 is 0 Å². The van der Waals surface area contributed by atoms with Crippen LogP contribution in [0.5, 0.6) is 0 Å². The maximum absolute atomic E-state index is 5.79. The van der Waals surface area contributed by atoms with Gasteiger partial charge in [-0.3, -0.25) is 0 Å². The van der Waals surface area contributed by atoms with Gasteiger partial charge < -0.3 is 11.5 Å². The lowest BCUT2D eigenvalue weighted by molar-refractivity contribution is 1.21. The number of hydrogen-bond donors (Lipinski definition) is 2. The largest absolute Gasteiger partial charge is 0.369 e. The third-order valence-electron chi connectivity index (χ3n) is 2.06. The zero-order valence-corrected chi connectivity index (χ0v) is 9.59. The van der Waals surface area contributed by atoms with Crippen molar-refractivity contribution >= 4 is 34.7 Å². The lowest BCUT2D eigenvalue weighted by Gasteiger charge is -1.98. The highest BCUT2D eigenvalue weighted by Crippen LogP contribution is 2.16. The Morgan fingerprint density at radius 2 is 2.06 bits per heavy atom. The molecule has 1 aromatic carbocycles. The van der Waals surface area contributed by atoms with E-state index in [4.69, 9.17) is 23.1 Å². The molecule has 1 heterocycles. The Balaban J connectivity index is 2.35. The van der Waals surface area contributed by atoms with Crippen molar-refractivity contribution in [2.45, 2.75) is 0 Å². The van der Waals surface area contributed by atoms with Gasteiger partial charge in [-0.2, -0.15) is 5.10 Å². The van der Waals surface area contributed by atoms with Gasteiger partial charge in [-0.25, -0.2) is 4.98 Å². The summed E-state index contributed by atoms with van der Waals surface area (Å²) in [4.78, 5) is 4.18. The fourth-order valence-corrected chi connectivity index (χ4v) is 1.52.